The van der Waals surface area contributed by atoms with Crippen molar-refractivity contribution in [1.29, 1.82) is 0 Å². The van der Waals surface area contributed by atoms with Crippen molar-refractivity contribution in [2.75, 3.05) is 13.1 Å². The van der Waals surface area contributed by atoms with E-state index in [0.717, 1.165) is 29.7 Å². The van der Waals surface area contributed by atoms with Crippen LogP contribution < -0.4 is 10.3 Å². The summed E-state index contributed by atoms with van der Waals surface area (Å²) in [5.74, 6) is -0.327. The Morgan fingerprint density at radius 1 is 1.22 bits per heavy atom. The Balaban J connectivity index is 1.48. The lowest BCUT2D eigenvalue weighted by molar-refractivity contribution is -0.122. The highest BCUT2D eigenvalue weighted by Crippen LogP contribution is 2.36. The van der Waals surface area contributed by atoms with E-state index in [2.05, 4.69) is 16.5 Å². The third kappa shape index (κ3) is 3.71. The van der Waals surface area contributed by atoms with Gasteiger partial charge in [-0.2, -0.15) is 5.48 Å². The topological polar surface area (TPSA) is 61.8 Å². The van der Waals surface area contributed by atoms with Crippen LogP contribution in [0, 0.1) is 5.82 Å². The van der Waals surface area contributed by atoms with Crippen molar-refractivity contribution in [3.8, 4) is 11.5 Å². The molecule has 0 saturated carbocycles. The Morgan fingerprint density at radius 2 is 2.11 bits per heavy atom. The van der Waals surface area contributed by atoms with Crippen molar-refractivity contribution in [3.05, 3.63) is 71.1 Å². The molecule has 0 fully saturated rings. The molecule has 0 bridgehead atoms. The van der Waals surface area contributed by atoms with E-state index in [1.54, 1.807) is 18.2 Å². The monoisotopic (exact) mass is 366 g/mol. The van der Waals surface area contributed by atoms with Gasteiger partial charge in [0.05, 0.1) is 0 Å². The molecule has 0 radical (unpaired) electrons. The molecule has 0 unspecified atom stereocenters. The zero-order valence-corrected chi connectivity index (χ0v) is 14.6. The van der Waals surface area contributed by atoms with Crippen LogP contribution in [0.25, 0.3) is 11.6 Å². The number of rotatable bonds is 3. The first-order valence-electron chi connectivity index (χ1n) is 8.77. The smallest absolute Gasteiger partial charge is 0.276 e. The number of hydrogen-bond donors (Lipinski definition) is 2. The van der Waals surface area contributed by atoms with Crippen LogP contribution in [0.15, 0.2) is 48.6 Å². The van der Waals surface area contributed by atoms with Crippen LogP contribution in [0.1, 0.15) is 23.1 Å². The zero-order chi connectivity index (χ0) is 18.8. The van der Waals surface area contributed by atoms with Crippen LogP contribution in [-0.2, 0) is 11.3 Å². The van der Waals surface area contributed by atoms with E-state index in [4.69, 9.17) is 4.84 Å². The van der Waals surface area contributed by atoms with Crippen molar-refractivity contribution in [2.24, 2.45) is 0 Å². The largest absolute Gasteiger partial charge is 0.504 e. The summed E-state index contributed by atoms with van der Waals surface area (Å²) in [4.78, 5) is 18.8. The average Bonchev–Trinajstić information content (AvgIpc) is 2.87. The van der Waals surface area contributed by atoms with Gasteiger partial charge < -0.3 is 9.94 Å². The number of carbonyl (C=O) groups excluding carboxylic acids is 1. The van der Waals surface area contributed by atoms with Gasteiger partial charge >= 0.3 is 0 Å². The summed E-state index contributed by atoms with van der Waals surface area (Å²) in [6.45, 7) is 2.06. The Morgan fingerprint density at radius 3 is 2.89 bits per heavy atom. The molecular formula is C21H19FN2O3. The average molecular weight is 366 g/mol. The highest BCUT2D eigenvalue weighted by Gasteiger charge is 2.20. The van der Waals surface area contributed by atoms with Gasteiger partial charge in [0, 0.05) is 36.8 Å². The van der Waals surface area contributed by atoms with Crippen LogP contribution in [0.5, 0.6) is 11.5 Å². The van der Waals surface area contributed by atoms with Gasteiger partial charge in [-0.25, -0.2) is 4.39 Å². The SMILES string of the molecule is O=C1C=Cc2ccc(CN3CC=C(c4cccc(F)c4)CC3)c(O)c2ON1. The second-order valence-corrected chi connectivity index (χ2v) is 6.62. The van der Waals surface area contributed by atoms with Gasteiger partial charge in [0.1, 0.15) is 5.82 Å². The number of carbonyl (C=O) groups is 1. The molecule has 4 rings (SSSR count). The van der Waals surface area contributed by atoms with Crippen molar-refractivity contribution in [1.82, 2.24) is 10.4 Å². The molecule has 6 heteroatoms. The number of benzene rings is 2. The minimum Gasteiger partial charge on any atom is -0.504 e. The van der Waals surface area contributed by atoms with E-state index in [1.165, 1.54) is 12.1 Å². The van der Waals surface area contributed by atoms with Crippen molar-refractivity contribution in [2.45, 2.75) is 13.0 Å². The predicted molar refractivity (Wildman–Crippen MR) is 100 cm³/mol. The molecular weight excluding hydrogens is 347 g/mol. The number of hydroxylamine groups is 1. The van der Waals surface area contributed by atoms with Crippen LogP contribution >= 0.6 is 0 Å². The first-order valence-corrected chi connectivity index (χ1v) is 8.77. The van der Waals surface area contributed by atoms with Crippen LogP contribution in [-0.4, -0.2) is 29.0 Å². The van der Waals surface area contributed by atoms with E-state index >= 15 is 0 Å². The molecule has 2 N–H and O–H groups in total. The number of fused-ring (bicyclic) bond motifs is 1. The van der Waals surface area contributed by atoms with E-state index in [-0.39, 0.29) is 23.2 Å². The quantitative estimate of drug-likeness (QED) is 0.875. The van der Waals surface area contributed by atoms with Gasteiger partial charge in [-0.1, -0.05) is 30.3 Å². The number of amides is 1. The van der Waals surface area contributed by atoms with E-state index in [9.17, 15) is 14.3 Å². The molecule has 138 valence electrons. The summed E-state index contributed by atoms with van der Waals surface area (Å²) in [6.07, 6.45) is 5.87. The minimum atomic E-state index is -0.377. The number of halogens is 1. The summed E-state index contributed by atoms with van der Waals surface area (Å²) in [6, 6.07) is 10.3. The Bertz CT molecular complexity index is 952. The number of nitrogens with one attached hydrogen (secondary N) is 1. The summed E-state index contributed by atoms with van der Waals surface area (Å²) < 4.78 is 13.4. The van der Waals surface area contributed by atoms with E-state index in [0.29, 0.717) is 18.7 Å². The normalized spacial score (nSPS) is 16.8. The van der Waals surface area contributed by atoms with Gasteiger partial charge in [-0.15, -0.1) is 0 Å². The van der Waals surface area contributed by atoms with E-state index in [1.807, 2.05) is 18.2 Å². The summed E-state index contributed by atoms with van der Waals surface area (Å²) in [5, 5.41) is 10.5. The lowest BCUT2D eigenvalue weighted by atomic mass is 9.99. The molecule has 0 spiro atoms. The third-order valence-electron chi connectivity index (χ3n) is 4.80. The highest BCUT2D eigenvalue weighted by molar-refractivity contribution is 5.92. The molecule has 0 aromatic heterocycles. The summed E-state index contributed by atoms with van der Waals surface area (Å²) in [5.41, 5.74) is 5.67. The fourth-order valence-electron chi connectivity index (χ4n) is 3.34. The first kappa shape index (κ1) is 17.3. The van der Waals surface area contributed by atoms with Crippen molar-refractivity contribution in [3.63, 3.8) is 0 Å². The molecule has 2 aromatic carbocycles. The number of aromatic hydroxyl groups is 1. The van der Waals surface area contributed by atoms with Crippen molar-refractivity contribution >= 4 is 17.6 Å². The minimum absolute atomic E-state index is 0.0271. The summed E-state index contributed by atoms with van der Waals surface area (Å²) >= 11 is 0. The molecule has 0 atom stereocenters. The third-order valence-corrected chi connectivity index (χ3v) is 4.80. The van der Waals surface area contributed by atoms with Gasteiger partial charge in [0.2, 0.25) is 5.75 Å². The second kappa shape index (κ2) is 7.25. The number of nitrogens with zero attached hydrogens (tertiary/aromatic N) is 1. The van der Waals surface area contributed by atoms with Gasteiger partial charge in [-0.3, -0.25) is 9.69 Å². The molecule has 5 nitrogen and oxygen atoms in total. The number of phenols is 1. The Hall–Kier alpha value is -3.12. The molecule has 1 amide bonds. The summed E-state index contributed by atoms with van der Waals surface area (Å²) in [7, 11) is 0. The van der Waals surface area contributed by atoms with Gasteiger partial charge in [0.15, 0.2) is 5.75 Å². The number of phenolic OH excluding ortho intramolecular Hbond substituents is 1. The van der Waals surface area contributed by atoms with Gasteiger partial charge in [0.25, 0.3) is 5.91 Å². The Kier molecular flexibility index (Phi) is 4.64. The molecule has 27 heavy (non-hydrogen) atoms. The van der Waals surface area contributed by atoms with Gasteiger partial charge in [-0.05, 0) is 35.8 Å². The molecule has 2 aliphatic heterocycles. The van der Waals surface area contributed by atoms with Crippen LogP contribution in [0.3, 0.4) is 0 Å². The molecule has 2 aliphatic rings. The van der Waals surface area contributed by atoms with Crippen LogP contribution in [0.4, 0.5) is 4.39 Å². The maximum atomic E-state index is 13.4. The van der Waals surface area contributed by atoms with Crippen molar-refractivity contribution < 1.29 is 19.1 Å². The second-order valence-electron chi connectivity index (χ2n) is 6.62. The predicted octanol–water partition coefficient (Wildman–Crippen LogP) is 3.26. The molecule has 0 saturated heterocycles. The highest BCUT2D eigenvalue weighted by atomic mass is 19.1. The maximum Gasteiger partial charge on any atom is 0.276 e. The Labute approximate surface area is 156 Å². The fourth-order valence-corrected chi connectivity index (χ4v) is 3.34. The molecule has 2 aromatic rings. The fraction of sp³-hybridized carbons (Fsp3) is 0.190. The zero-order valence-electron chi connectivity index (χ0n) is 14.6. The standard InChI is InChI=1S/C21H19FN2O3/c22-18-3-1-2-16(12-18)14-8-10-24(11-9-14)13-17-5-4-15-6-7-19(25)23-27-21(15)20(17)26/h1-8,12,26H,9-11,13H2,(H,23,25). The lowest BCUT2D eigenvalue weighted by Gasteiger charge is -2.27. The molecule has 2 heterocycles. The lowest BCUT2D eigenvalue weighted by Crippen LogP contribution is -2.28. The van der Waals surface area contributed by atoms with E-state index < -0.39 is 0 Å². The maximum absolute atomic E-state index is 13.4. The first-order chi connectivity index (χ1) is 13.1. The number of hydrogen-bond acceptors (Lipinski definition) is 4. The van der Waals surface area contributed by atoms with Crippen LogP contribution in [0.2, 0.25) is 0 Å². The molecule has 0 aliphatic carbocycles.